The van der Waals surface area contributed by atoms with Crippen LogP contribution in [0.4, 0.5) is 4.39 Å². The number of halogens is 1. The maximum absolute atomic E-state index is 13.4. The number of hydrogen-bond donors (Lipinski definition) is 1. The van der Waals surface area contributed by atoms with E-state index in [0.29, 0.717) is 18.7 Å². The molecular weight excluding hydrogens is 415 g/mol. The molecule has 6 rings (SSSR count). The van der Waals surface area contributed by atoms with E-state index in [2.05, 4.69) is 30.2 Å². The predicted octanol–water partition coefficient (Wildman–Crippen LogP) is 2.43. The summed E-state index contributed by atoms with van der Waals surface area (Å²) < 4.78 is 20.5. The van der Waals surface area contributed by atoms with Gasteiger partial charge in [-0.2, -0.15) is 5.10 Å². The molecule has 0 radical (unpaired) electrons. The van der Waals surface area contributed by atoms with Crippen LogP contribution in [0.3, 0.4) is 0 Å². The van der Waals surface area contributed by atoms with Crippen molar-refractivity contribution in [3.05, 3.63) is 83.9 Å². The van der Waals surface area contributed by atoms with Crippen LogP contribution in [0.5, 0.6) is 0 Å². The number of fused-ring (bicyclic) bond motifs is 2. The first kappa shape index (κ1) is 18.4. The average molecular weight is 430 g/mol. The first-order chi connectivity index (χ1) is 15.7. The SMILES string of the molecule is O=C(c1nnc(-c2ccc(F)cn2)o1)N1CCc2[nH]cnc2C1c1cc2ccccn2n1. The number of pyridine rings is 2. The second kappa shape index (κ2) is 7.08. The van der Waals surface area contributed by atoms with Gasteiger partial charge in [0, 0.05) is 24.9 Å². The van der Waals surface area contributed by atoms with Gasteiger partial charge in [0.2, 0.25) is 0 Å². The molecule has 158 valence electrons. The number of nitrogens with one attached hydrogen (secondary N) is 1. The lowest BCUT2D eigenvalue weighted by Crippen LogP contribution is -2.41. The Balaban J connectivity index is 1.38. The van der Waals surface area contributed by atoms with E-state index in [1.807, 2.05) is 30.5 Å². The largest absolute Gasteiger partial charge is 0.411 e. The van der Waals surface area contributed by atoms with Gasteiger partial charge in [0.05, 0.1) is 29.4 Å². The van der Waals surface area contributed by atoms with Crippen LogP contribution >= 0.6 is 0 Å². The van der Waals surface area contributed by atoms with E-state index in [-0.39, 0.29) is 17.5 Å². The summed E-state index contributed by atoms with van der Waals surface area (Å²) in [5, 5.41) is 12.5. The Hall–Kier alpha value is -4.41. The number of aromatic nitrogens is 7. The van der Waals surface area contributed by atoms with Gasteiger partial charge in [0.15, 0.2) is 0 Å². The third kappa shape index (κ3) is 2.94. The lowest BCUT2D eigenvalue weighted by Gasteiger charge is -2.32. The predicted molar refractivity (Wildman–Crippen MR) is 108 cm³/mol. The summed E-state index contributed by atoms with van der Waals surface area (Å²) in [6, 6.07) is 9.81. The molecule has 0 spiro atoms. The van der Waals surface area contributed by atoms with Gasteiger partial charge in [-0.25, -0.2) is 18.9 Å². The number of aromatic amines is 1. The molecule has 1 N–H and O–H groups in total. The van der Waals surface area contributed by atoms with E-state index >= 15 is 0 Å². The summed E-state index contributed by atoms with van der Waals surface area (Å²) in [7, 11) is 0. The van der Waals surface area contributed by atoms with E-state index in [4.69, 9.17) is 4.42 Å². The topological polar surface area (TPSA) is 118 Å². The fourth-order valence-corrected chi connectivity index (χ4v) is 3.92. The molecule has 0 aliphatic carbocycles. The standard InChI is InChI=1S/C21H15FN8O2/c22-12-4-5-15(23-10-12)19-26-27-20(32-19)21(31)29-8-6-14-17(25-11-24-14)18(29)16-9-13-3-1-2-7-30(13)28-16/h1-5,7,9-11,18H,6,8H2,(H,24,25). The van der Waals surface area contributed by atoms with Crippen molar-refractivity contribution < 1.29 is 13.6 Å². The molecule has 1 amide bonds. The zero-order chi connectivity index (χ0) is 21.7. The highest BCUT2D eigenvalue weighted by Gasteiger charge is 2.38. The zero-order valence-electron chi connectivity index (χ0n) is 16.5. The van der Waals surface area contributed by atoms with Gasteiger partial charge in [-0.3, -0.25) is 4.79 Å². The van der Waals surface area contributed by atoms with Crippen molar-refractivity contribution in [3.8, 4) is 11.6 Å². The molecule has 1 aliphatic rings. The number of rotatable bonds is 3. The number of amides is 1. The van der Waals surface area contributed by atoms with E-state index in [1.165, 1.54) is 12.1 Å². The van der Waals surface area contributed by atoms with Crippen LogP contribution in [0.1, 0.15) is 33.8 Å². The van der Waals surface area contributed by atoms with Gasteiger partial charge < -0.3 is 14.3 Å². The van der Waals surface area contributed by atoms with Gasteiger partial charge in [-0.15, -0.1) is 10.2 Å². The highest BCUT2D eigenvalue weighted by molar-refractivity contribution is 5.90. The van der Waals surface area contributed by atoms with Crippen LogP contribution in [0.15, 0.2) is 59.5 Å². The lowest BCUT2D eigenvalue weighted by molar-refractivity contribution is 0.0646. The monoisotopic (exact) mass is 430 g/mol. The summed E-state index contributed by atoms with van der Waals surface area (Å²) in [4.78, 5) is 26.6. The third-order valence-corrected chi connectivity index (χ3v) is 5.41. The van der Waals surface area contributed by atoms with Crippen LogP contribution in [-0.2, 0) is 6.42 Å². The fourth-order valence-electron chi connectivity index (χ4n) is 3.92. The first-order valence-electron chi connectivity index (χ1n) is 9.90. The second-order valence-corrected chi connectivity index (χ2v) is 7.33. The summed E-state index contributed by atoms with van der Waals surface area (Å²) in [6.07, 6.45) is 5.11. The van der Waals surface area contributed by atoms with Crippen LogP contribution in [0.2, 0.25) is 0 Å². The molecule has 0 saturated heterocycles. The Morgan fingerprint density at radius 3 is 2.97 bits per heavy atom. The first-order valence-corrected chi connectivity index (χ1v) is 9.90. The minimum Gasteiger partial charge on any atom is -0.411 e. The minimum absolute atomic E-state index is 0.0371. The molecular formula is C21H15FN8O2. The molecule has 5 aromatic heterocycles. The Labute approximate surface area is 179 Å². The zero-order valence-corrected chi connectivity index (χ0v) is 16.5. The molecule has 1 unspecified atom stereocenters. The van der Waals surface area contributed by atoms with Crippen molar-refractivity contribution in [3.63, 3.8) is 0 Å². The highest BCUT2D eigenvalue weighted by Crippen LogP contribution is 2.34. The molecule has 11 heteroatoms. The normalized spacial score (nSPS) is 15.8. The molecule has 6 heterocycles. The molecule has 0 bridgehead atoms. The Morgan fingerprint density at radius 2 is 2.12 bits per heavy atom. The number of H-pyrrole nitrogens is 1. The quantitative estimate of drug-likeness (QED) is 0.467. The smallest absolute Gasteiger partial charge is 0.312 e. The fraction of sp³-hybridized carbons (Fsp3) is 0.143. The molecule has 0 saturated carbocycles. The van der Waals surface area contributed by atoms with Gasteiger partial charge in [0.1, 0.15) is 17.6 Å². The minimum atomic E-state index is -0.517. The van der Waals surface area contributed by atoms with Crippen molar-refractivity contribution in [1.29, 1.82) is 0 Å². The molecule has 5 aromatic rings. The van der Waals surface area contributed by atoms with Crippen molar-refractivity contribution >= 4 is 11.4 Å². The van der Waals surface area contributed by atoms with Gasteiger partial charge in [-0.1, -0.05) is 6.07 Å². The van der Waals surface area contributed by atoms with Gasteiger partial charge >= 0.3 is 11.8 Å². The molecule has 10 nitrogen and oxygen atoms in total. The van der Waals surface area contributed by atoms with Crippen molar-refractivity contribution in [2.75, 3.05) is 6.54 Å². The molecule has 1 atom stereocenters. The third-order valence-electron chi connectivity index (χ3n) is 5.41. The Bertz CT molecular complexity index is 1400. The molecule has 0 fully saturated rings. The van der Waals surface area contributed by atoms with E-state index in [9.17, 15) is 9.18 Å². The number of hydrogen-bond acceptors (Lipinski definition) is 7. The van der Waals surface area contributed by atoms with E-state index < -0.39 is 17.8 Å². The van der Waals surface area contributed by atoms with E-state index in [0.717, 1.165) is 23.1 Å². The summed E-state index contributed by atoms with van der Waals surface area (Å²) in [6.45, 7) is 0.416. The maximum Gasteiger partial charge on any atom is 0.312 e. The lowest BCUT2D eigenvalue weighted by atomic mass is 9.99. The molecule has 1 aliphatic heterocycles. The molecule has 32 heavy (non-hydrogen) atoms. The second-order valence-electron chi connectivity index (χ2n) is 7.33. The van der Waals surface area contributed by atoms with Crippen molar-refractivity contribution in [1.82, 2.24) is 39.7 Å². The van der Waals surface area contributed by atoms with Crippen LogP contribution in [0, 0.1) is 5.82 Å². The number of carbonyl (C=O) groups excluding carboxylic acids is 1. The molecule has 0 aromatic carbocycles. The average Bonchev–Trinajstić information content (AvgIpc) is 3.57. The van der Waals surface area contributed by atoms with Crippen molar-refractivity contribution in [2.24, 2.45) is 0 Å². The van der Waals surface area contributed by atoms with Gasteiger partial charge in [0.25, 0.3) is 5.89 Å². The Kier molecular flexibility index (Phi) is 4.06. The van der Waals surface area contributed by atoms with Crippen LogP contribution in [0.25, 0.3) is 17.1 Å². The summed E-state index contributed by atoms with van der Waals surface area (Å²) in [5.41, 5.74) is 3.55. The van der Waals surface area contributed by atoms with Gasteiger partial charge in [-0.05, 0) is 30.3 Å². The number of nitrogens with zero attached hydrogens (tertiary/aromatic N) is 7. The summed E-state index contributed by atoms with van der Waals surface area (Å²) >= 11 is 0. The number of imidazole rings is 1. The van der Waals surface area contributed by atoms with E-state index in [1.54, 1.807) is 15.7 Å². The number of carbonyl (C=O) groups is 1. The highest BCUT2D eigenvalue weighted by atomic mass is 19.1. The van der Waals surface area contributed by atoms with Crippen molar-refractivity contribution in [2.45, 2.75) is 12.5 Å². The Morgan fingerprint density at radius 1 is 1.19 bits per heavy atom. The van der Waals surface area contributed by atoms with Crippen LogP contribution < -0.4 is 0 Å². The van der Waals surface area contributed by atoms with Crippen LogP contribution in [-0.4, -0.2) is 52.1 Å². The summed E-state index contributed by atoms with van der Waals surface area (Å²) in [5.74, 6) is -1.07. The maximum atomic E-state index is 13.4.